The summed E-state index contributed by atoms with van der Waals surface area (Å²) in [6.45, 7) is 0. The Bertz CT molecular complexity index is 1470. The van der Waals surface area contributed by atoms with Gasteiger partial charge in [0.1, 0.15) is 0 Å². The lowest BCUT2D eigenvalue weighted by Crippen LogP contribution is -2.14. The van der Waals surface area contributed by atoms with Crippen LogP contribution in [-0.4, -0.2) is 25.2 Å². The van der Waals surface area contributed by atoms with Gasteiger partial charge >= 0.3 is 6.18 Å². The molecule has 9 heteroatoms. The summed E-state index contributed by atoms with van der Waals surface area (Å²) in [4.78, 5) is 16.4. The molecule has 166 valence electrons. The van der Waals surface area contributed by atoms with Gasteiger partial charge in [0.25, 0.3) is 0 Å². The number of aryl methyl sites for hydroxylation is 1. The number of alkyl halides is 3. The van der Waals surface area contributed by atoms with Crippen LogP contribution in [0.25, 0.3) is 27.6 Å². The van der Waals surface area contributed by atoms with Gasteiger partial charge < -0.3 is 5.32 Å². The predicted molar refractivity (Wildman–Crippen MR) is 119 cm³/mol. The van der Waals surface area contributed by atoms with Crippen molar-refractivity contribution in [2.45, 2.75) is 12.6 Å². The Labute approximate surface area is 186 Å². The molecule has 0 fully saturated rings. The zero-order chi connectivity index (χ0) is 23.2. The van der Waals surface area contributed by atoms with Crippen LogP contribution in [0.2, 0.25) is 0 Å². The van der Waals surface area contributed by atoms with Gasteiger partial charge in [-0.1, -0.05) is 0 Å². The van der Waals surface area contributed by atoms with Crippen LogP contribution < -0.4 is 5.32 Å². The molecule has 6 nitrogen and oxygen atoms in total. The van der Waals surface area contributed by atoms with Crippen LogP contribution in [0, 0.1) is 0 Å². The van der Waals surface area contributed by atoms with E-state index >= 15 is 0 Å². The molecule has 5 aromatic rings. The van der Waals surface area contributed by atoms with E-state index in [1.54, 1.807) is 42.3 Å². The largest absolute Gasteiger partial charge is 0.416 e. The number of fused-ring (bicyclic) bond motifs is 3. The van der Waals surface area contributed by atoms with Crippen LogP contribution in [0.3, 0.4) is 0 Å². The summed E-state index contributed by atoms with van der Waals surface area (Å²) < 4.78 is 42.5. The molecule has 0 spiro atoms. The summed E-state index contributed by atoms with van der Waals surface area (Å²) in [6, 6.07) is 14.0. The van der Waals surface area contributed by atoms with Gasteiger partial charge in [-0.05, 0) is 60.2 Å². The number of nitrogens with zero attached hydrogens (tertiary/aromatic N) is 4. The lowest BCUT2D eigenvalue weighted by atomic mass is 10.1. The van der Waals surface area contributed by atoms with E-state index in [0.29, 0.717) is 17.0 Å². The number of benzene rings is 2. The van der Waals surface area contributed by atoms with E-state index in [-0.39, 0.29) is 12.3 Å². The van der Waals surface area contributed by atoms with Crippen molar-refractivity contribution < 1.29 is 18.0 Å². The second kappa shape index (κ2) is 7.77. The van der Waals surface area contributed by atoms with Crippen molar-refractivity contribution in [2.24, 2.45) is 7.05 Å². The van der Waals surface area contributed by atoms with Crippen molar-refractivity contribution in [2.75, 3.05) is 5.32 Å². The average molecular weight is 449 g/mol. The fraction of sp³-hybridized carbons (Fsp3) is 0.125. The number of carbonyl (C=O) groups excluding carboxylic acids is 1. The summed E-state index contributed by atoms with van der Waals surface area (Å²) in [6.07, 6.45) is 0.937. The minimum Gasteiger partial charge on any atom is -0.326 e. The van der Waals surface area contributed by atoms with Crippen molar-refractivity contribution >= 4 is 33.5 Å². The van der Waals surface area contributed by atoms with Crippen LogP contribution in [-0.2, 0) is 24.4 Å². The van der Waals surface area contributed by atoms with Gasteiger partial charge in [0, 0.05) is 47.8 Å². The van der Waals surface area contributed by atoms with Crippen LogP contribution in [0.15, 0.2) is 73.2 Å². The van der Waals surface area contributed by atoms with Crippen LogP contribution in [0.4, 0.5) is 18.9 Å². The van der Waals surface area contributed by atoms with E-state index in [2.05, 4.69) is 15.4 Å². The van der Waals surface area contributed by atoms with Gasteiger partial charge in [0.15, 0.2) is 5.65 Å². The molecule has 0 bridgehead atoms. The number of anilines is 1. The first-order valence-corrected chi connectivity index (χ1v) is 10.1. The van der Waals surface area contributed by atoms with Gasteiger partial charge in [-0.2, -0.15) is 18.3 Å². The van der Waals surface area contributed by atoms with E-state index < -0.39 is 11.7 Å². The van der Waals surface area contributed by atoms with E-state index in [0.717, 1.165) is 34.0 Å². The summed E-state index contributed by atoms with van der Waals surface area (Å²) in [7, 11) is 1.78. The molecule has 0 atom stereocenters. The third-order valence-corrected chi connectivity index (χ3v) is 5.40. The van der Waals surface area contributed by atoms with E-state index in [4.69, 9.17) is 0 Å². The van der Waals surface area contributed by atoms with E-state index in [9.17, 15) is 18.0 Å². The molecule has 5 rings (SSSR count). The molecule has 1 N–H and O–H groups in total. The van der Waals surface area contributed by atoms with E-state index in [1.165, 1.54) is 12.1 Å². The van der Waals surface area contributed by atoms with Crippen molar-refractivity contribution in [1.82, 2.24) is 19.3 Å². The number of halogens is 3. The summed E-state index contributed by atoms with van der Waals surface area (Å²) in [5.41, 5.74) is 2.73. The van der Waals surface area contributed by atoms with Gasteiger partial charge in [0.2, 0.25) is 5.91 Å². The highest BCUT2D eigenvalue weighted by atomic mass is 19.4. The highest BCUT2D eigenvalue weighted by molar-refractivity contribution is 6.09. The minimum atomic E-state index is -4.40. The molecular formula is C24H18F3N5O. The van der Waals surface area contributed by atoms with Crippen molar-refractivity contribution in [3.05, 3.63) is 84.3 Å². The van der Waals surface area contributed by atoms with Crippen LogP contribution in [0.5, 0.6) is 0 Å². The molecule has 0 saturated carbocycles. The number of rotatable bonds is 4. The Morgan fingerprint density at radius 3 is 2.42 bits per heavy atom. The number of pyridine rings is 1. The molecule has 1 amide bonds. The molecule has 0 saturated heterocycles. The maximum absolute atomic E-state index is 13.0. The van der Waals surface area contributed by atoms with Gasteiger partial charge in [-0.25, -0.2) is 0 Å². The molecule has 0 aliphatic heterocycles. The molecule has 0 aliphatic rings. The Balaban J connectivity index is 1.53. The Hall–Kier alpha value is -4.14. The maximum Gasteiger partial charge on any atom is 0.416 e. The topological polar surface area (TPSA) is 64.7 Å². The molecule has 2 aromatic carbocycles. The molecule has 0 aliphatic carbocycles. The molecule has 0 unspecified atom stereocenters. The summed E-state index contributed by atoms with van der Waals surface area (Å²) in [5.74, 6) is -0.162. The average Bonchev–Trinajstić information content (AvgIpc) is 3.28. The van der Waals surface area contributed by atoms with Gasteiger partial charge in [0.05, 0.1) is 17.5 Å². The number of amides is 1. The smallest absolute Gasteiger partial charge is 0.326 e. The normalized spacial score (nSPS) is 11.9. The standard InChI is InChI=1S/C24H18F3N5O/c1-31-14-20-19-13-17(29-22(33)12-15-8-10-28-11-9-15)4-7-21(19)32(23(20)30-31)18-5-2-16(3-6-18)24(25,26)27/h2-11,13-14H,12H2,1H3,(H,29,33). The molecule has 33 heavy (non-hydrogen) atoms. The van der Waals surface area contributed by atoms with Gasteiger partial charge in [-0.15, -0.1) is 0 Å². The Kier molecular flexibility index (Phi) is 4.88. The van der Waals surface area contributed by atoms with Crippen molar-refractivity contribution in [3.63, 3.8) is 0 Å². The first-order valence-electron chi connectivity index (χ1n) is 10.1. The Morgan fingerprint density at radius 1 is 1.00 bits per heavy atom. The number of aromatic nitrogens is 4. The maximum atomic E-state index is 13.0. The predicted octanol–water partition coefficient (Wildman–Crippen LogP) is 5.11. The van der Waals surface area contributed by atoms with Crippen molar-refractivity contribution in [1.29, 1.82) is 0 Å². The quantitative estimate of drug-likeness (QED) is 0.415. The first-order chi connectivity index (χ1) is 15.8. The molecule has 3 aromatic heterocycles. The lowest BCUT2D eigenvalue weighted by molar-refractivity contribution is -0.137. The van der Waals surface area contributed by atoms with Crippen LogP contribution >= 0.6 is 0 Å². The second-order valence-corrected chi connectivity index (χ2v) is 7.73. The Morgan fingerprint density at radius 2 is 1.73 bits per heavy atom. The third kappa shape index (κ3) is 3.93. The molecule has 0 radical (unpaired) electrons. The number of carbonyl (C=O) groups is 1. The number of hydrogen-bond donors (Lipinski definition) is 1. The zero-order valence-corrected chi connectivity index (χ0v) is 17.5. The summed E-state index contributed by atoms with van der Waals surface area (Å²) in [5, 5.41) is 9.08. The number of nitrogens with one attached hydrogen (secondary N) is 1. The highest BCUT2D eigenvalue weighted by Crippen LogP contribution is 2.34. The zero-order valence-electron chi connectivity index (χ0n) is 17.5. The fourth-order valence-electron chi connectivity index (χ4n) is 3.92. The van der Waals surface area contributed by atoms with Gasteiger partial charge in [-0.3, -0.25) is 19.0 Å². The van der Waals surface area contributed by atoms with Crippen molar-refractivity contribution in [3.8, 4) is 5.69 Å². The highest BCUT2D eigenvalue weighted by Gasteiger charge is 2.30. The number of hydrogen-bond acceptors (Lipinski definition) is 3. The molecule has 3 heterocycles. The van der Waals surface area contributed by atoms with E-state index in [1.807, 2.05) is 22.9 Å². The minimum absolute atomic E-state index is 0.162. The summed E-state index contributed by atoms with van der Waals surface area (Å²) >= 11 is 0. The third-order valence-electron chi connectivity index (χ3n) is 5.40. The first kappa shape index (κ1) is 20.7. The van der Waals surface area contributed by atoms with Crippen LogP contribution in [0.1, 0.15) is 11.1 Å². The SMILES string of the molecule is Cn1cc2c3cc(NC(=O)Cc4ccncc4)ccc3n(-c3ccc(C(F)(F)F)cc3)c2n1. The lowest BCUT2D eigenvalue weighted by Gasteiger charge is -2.10. The molecular weight excluding hydrogens is 431 g/mol. The second-order valence-electron chi connectivity index (χ2n) is 7.73. The fourth-order valence-corrected chi connectivity index (χ4v) is 3.92. The monoisotopic (exact) mass is 449 g/mol.